The van der Waals surface area contributed by atoms with Crippen LogP contribution in [0.15, 0.2) is 0 Å². The molecule has 0 saturated heterocycles. The first-order valence-electron chi connectivity index (χ1n) is 1.95. The van der Waals surface area contributed by atoms with E-state index in [4.69, 9.17) is 12.4 Å². The molecule has 1 saturated carbocycles. The van der Waals surface area contributed by atoms with Crippen molar-refractivity contribution in [1.29, 1.82) is 0 Å². The minimum absolute atomic E-state index is 0.322. The monoisotopic (exact) mass is 100 g/mol. The molecule has 3 atom stereocenters. The number of hydrogen-bond acceptors (Lipinski definition) is 1. The predicted octanol–water partition coefficient (Wildman–Crippen LogP) is 0.522. The lowest BCUT2D eigenvalue weighted by atomic mass is 10.0. The normalized spacial score (nSPS) is 42.8. The molecule has 0 aromatic carbocycles. The summed E-state index contributed by atoms with van der Waals surface area (Å²) in [4.78, 5) is 0. The zero-order valence-corrected chi connectivity index (χ0v) is 4.58. The van der Waals surface area contributed by atoms with Crippen LogP contribution < -0.4 is 0 Å². The Morgan fingerprint density at radius 3 is 2.33 bits per heavy atom. The van der Waals surface area contributed by atoms with Crippen LogP contribution in [-0.2, 0) is 4.52 Å². The van der Waals surface area contributed by atoms with Crippen LogP contribution >= 0.6 is 9.47 Å². The maximum Gasteiger partial charge on any atom is 0.0736 e. The first-order chi connectivity index (χ1) is 2.84. The van der Waals surface area contributed by atoms with Gasteiger partial charge < -0.3 is 4.52 Å². The summed E-state index contributed by atoms with van der Waals surface area (Å²) >= 11 is 0. The van der Waals surface area contributed by atoms with E-state index in [1.807, 2.05) is 0 Å². The molecular formula is C3H6BOP. The fraction of sp³-hybridized carbons (Fsp3) is 1.00. The average Bonchev–Trinajstić information content (AvgIpc) is 2.19. The van der Waals surface area contributed by atoms with E-state index in [9.17, 15) is 0 Å². The van der Waals surface area contributed by atoms with Gasteiger partial charge in [-0.25, -0.2) is 0 Å². The molecule has 0 aromatic heterocycles. The molecule has 0 aromatic rings. The lowest BCUT2D eigenvalue weighted by molar-refractivity contribution is 0.358. The summed E-state index contributed by atoms with van der Waals surface area (Å²) in [7, 11) is 7.54. The van der Waals surface area contributed by atoms with Gasteiger partial charge in [-0.05, 0) is 12.2 Å². The van der Waals surface area contributed by atoms with Crippen LogP contribution in [0, 0.1) is 0 Å². The largest absolute Gasteiger partial charge is 0.363 e. The van der Waals surface area contributed by atoms with Gasteiger partial charge in [-0.1, -0.05) is 0 Å². The summed E-state index contributed by atoms with van der Waals surface area (Å²) in [5, 5.41) is 0. The average molecular weight is 99.9 g/mol. The molecule has 2 radical (unpaired) electrons. The molecular weight excluding hydrogens is 93.8 g/mol. The third-order valence-electron chi connectivity index (χ3n) is 0.954. The predicted molar refractivity (Wildman–Crippen MR) is 28.7 cm³/mol. The van der Waals surface area contributed by atoms with Crippen molar-refractivity contribution in [3.8, 4) is 0 Å². The zero-order chi connectivity index (χ0) is 4.57. The maximum absolute atomic E-state index is 5.34. The summed E-state index contributed by atoms with van der Waals surface area (Å²) in [6.07, 6.45) is 1.37. The first-order valence-corrected chi connectivity index (χ1v) is 2.43. The van der Waals surface area contributed by atoms with Crippen molar-refractivity contribution in [1.82, 2.24) is 0 Å². The topological polar surface area (TPSA) is 9.23 Å². The summed E-state index contributed by atoms with van der Waals surface area (Å²) in [5.74, 6) is 0.322. The molecule has 1 nitrogen and oxygen atoms in total. The summed E-state index contributed by atoms with van der Waals surface area (Å²) in [6, 6.07) is 0. The van der Waals surface area contributed by atoms with Gasteiger partial charge in [0.05, 0.1) is 14.0 Å². The fourth-order valence-corrected chi connectivity index (χ4v) is 0.659. The first kappa shape index (κ1) is 4.61. The van der Waals surface area contributed by atoms with Gasteiger partial charge in [-0.3, -0.25) is 0 Å². The van der Waals surface area contributed by atoms with E-state index in [0.29, 0.717) is 11.9 Å². The maximum atomic E-state index is 5.34. The van der Waals surface area contributed by atoms with Gasteiger partial charge in [0.15, 0.2) is 0 Å². The highest BCUT2D eigenvalue weighted by molar-refractivity contribution is 7.09. The standard InChI is InChI=1S/C3H6BOP/c4-2-1-3(2)5-6/h2-3H,1,6H2. The van der Waals surface area contributed by atoms with E-state index in [1.165, 1.54) is 0 Å². The van der Waals surface area contributed by atoms with Crippen molar-refractivity contribution in [2.24, 2.45) is 0 Å². The van der Waals surface area contributed by atoms with Crippen LogP contribution in [0.4, 0.5) is 0 Å². The highest BCUT2D eigenvalue weighted by Crippen LogP contribution is 2.37. The highest BCUT2D eigenvalue weighted by atomic mass is 31.0. The quantitative estimate of drug-likeness (QED) is 0.344. The molecule has 3 heteroatoms. The molecule has 3 unspecified atom stereocenters. The van der Waals surface area contributed by atoms with Crippen LogP contribution in [0.25, 0.3) is 0 Å². The molecule has 0 spiro atoms. The number of hydrogen-bond donors (Lipinski definition) is 0. The van der Waals surface area contributed by atoms with Crippen molar-refractivity contribution in [2.45, 2.75) is 18.3 Å². The molecule has 0 amide bonds. The van der Waals surface area contributed by atoms with E-state index in [0.717, 1.165) is 6.42 Å². The van der Waals surface area contributed by atoms with Crippen LogP contribution in [0.1, 0.15) is 6.42 Å². The molecule has 1 aliphatic rings. The van der Waals surface area contributed by atoms with Crippen molar-refractivity contribution in [3.05, 3.63) is 0 Å². The Balaban J connectivity index is 2.09. The third kappa shape index (κ3) is 0.744. The minimum atomic E-state index is 0.322. The Morgan fingerprint density at radius 1 is 1.83 bits per heavy atom. The molecule has 1 fully saturated rings. The molecule has 1 rings (SSSR count). The molecule has 0 heterocycles. The van der Waals surface area contributed by atoms with Crippen LogP contribution in [-0.4, -0.2) is 14.0 Å². The van der Waals surface area contributed by atoms with E-state index < -0.39 is 0 Å². The van der Waals surface area contributed by atoms with Crippen LogP contribution in [0.5, 0.6) is 0 Å². The molecule has 0 aliphatic heterocycles. The summed E-state index contributed by atoms with van der Waals surface area (Å²) in [5.41, 5.74) is 0. The molecule has 1 aliphatic carbocycles. The second-order valence-corrected chi connectivity index (χ2v) is 1.85. The Kier molecular flexibility index (Phi) is 1.16. The van der Waals surface area contributed by atoms with Gasteiger partial charge in [-0.2, -0.15) is 0 Å². The summed E-state index contributed by atoms with van der Waals surface area (Å²) in [6.45, 7) is 0. The Bertz CT molecular complexity index is 56.8. The van der Waals surface area contributed by atoms with Crippen molar-refractivity contribution in [2.75, 3.05) is 0 Å². The SMILES string of the molecule is [B]C1CC1OP. The van der Waals surface area contributed by atoms with Gasteiger partial charge >= 0.3 is 0 Å². The Hall–Kier alpha value is 0.455. The zero-order valence-electron chi connectivity index (χ0n) is 3.42. The van der Waals surface area contributed by atoms with Gasteiger partial charge in [0, 0.05) is 9.47 Å². The van der Waals surface area contributed by atoms with Gasteiger partial charge in [-0.15, -0.1) is 0 Å². The number of rotatable bonds is 1. The third-order valence-corrected chi connectivity index (χ3v) is 1.30. The minimum Gasteiger partial charge on any atom is -0.363 e. The molecule has 0 bridgehead atoms. The van der Waals surface area contributed by atoms with Gasteiger partial charge in [0.2, 0.25) is 0 Å². The Labute approximate surface area is 41.1 Å². The molecule has 0 N–H and O–H groups in total. The lowest BCUT2D eigenvalue weighted by Gasteiger charge is -1.84. The lowest BCUT2D eigenvalue weighted by Crippen LogP contribution is -1.78. The van der Waals surface area contributed by atoms with E-state index in [-0.39, 0.29) is 0 Å². The van der Waals surface area contributed by atoms with Crippen LogP contribution in [0.3, 0.4) is 0 Å². The fourth-order valence-electron chi connectivity index (χ4n) is 0.346. The second kappa shape index (κ2) is 1.51. The van der Waals surface area contributed by atoms with Crippen molar-refractivity contribution < 1.29 is 4.52 Å². The van der Waals surface area contributed by atoms with Gasteiger partial charge in [0.1, 0.15) is 0 Å². The van der Waals surface area contributed by atoms with Crippen molar-refractivity contribution >= 4 is 17.3 Å². The van der Waals surface area contributed by atoms with E-state index in [1.54, 1.807) is 0 Å². The molecule has 6 heavy (non-hydrogen) atoms. The second-order valence-electron chi connectivity index (χ2n) is 1.57. The van der Waals surface area contributed by atoms with Crippen LogP contribution in [0.2, 0.25) is 5.82 Å². The Morgan fingerprint density at radius 2 is 2.33 bits per heavy atom. The summed E-state index contributed by atoms with van der Waals surface area (Å²) < 4.78 is 4.77. The molecule has 32 valence electrons. The van der Waals surface area contributed by atoms with E-state index >= 15 is 0 Å². The van der Waals surface area contributed by atoms with Crippen molar-refractivity contribution in [3.63, 3.8) is 0 Å². The smallest absolute Gasteiger partial charge is 0.0736 e. The van der Waals surface area contributed by atoms with E-state index in [2.05, 4.69) is 9.47 Å². The highest BCUT2D eigenvalue weighted by Gasteiger charge is 2.31. The van der Waals surface area contributed by atoms with Gasteiger partial charge in [0.25, 0.3) is 0 Å².